The second-order valence-corrected chi connectivity index (χ2v) is 5.51. The maximum absolute atomic E-state index is 4.68. The molecule has 0 saturated heterocycles. The minimum Gasteiger partial charge on any atom is -0.370 e. The van der Waals surface area contributed by atoms with Gasteiger partial charge in [-0.25, -0.2) is 9.97 Å². The van der Waals surface area contributed by atoms with Gasteiger partial charge in [-0.05, 0) is 19.4 Å². The Morgan fingerprint density at radius 2 is 2.00 bits per heavy atom. The largest absolute Gasteiger partial charge is 0.370 e. The van der Waals surface area contributed by atoms with Crippen LogP contribution in [-0.2, 0) is 6.42 Å². The lowest BCUT2D eigenvalue weighted by Gasteiger charge is -2.07. The Morgan fingerprint density at radius 3 is 2.80 bits per heavy atom. The van der Waals surface area contributed by atoms with Crippen molar-refractivity contribution in [2.75, 3.05) is 11.9 Å². The van der Waals surface area contributed by atoms with E-state index in [1.165, 1.54) is 10.1 Å². The summed E-state index contributed by atoms with van der Waals surface area (Å²) in [6.07, 6.45) is 0.913. The zero-order valence-electron chi connectivity index (χ0n) is 11.7. The number of rotatable bonds is 4. The highest BCUT2D eigenvalue weighted by Crippen LogP contribution is 2.32. The van der Waals surface area contributed by atoms with Gasteiger partial charge in [-0.2, -0.15) is 0 Å². The molecule has 2 aromatic heterocycles. The fraction of sp³-hybridized carbons (Fsp3) is 0.250. The van der Waals surface area contributed by atoms with Crippen LogP contribution in [0.1, 0.15) is 19.5 Å². The Morgan fingerprint density at radius 1 is 1.15 bits per heavy atom. The highest BCUT2D eigenvalue weighted by atomic mass is 32.1. The van der Waals surface area contributed by atoms with Crippen molar-refractivity contribution in [3.8, 4) is 11.4 Å². The van der Waals surface area contributed by atoms with E-state index in [0.29, 0.717) is 0 Å². The highest BCUT2D eigenvalue weighted by molar-refractivity contribution is 7.17. The standard InChI is InChI=1S/C16H17N3S/c1-3-11-9-15(17-4-2)19-16(18-11)13-10-20-14-8-6-5-7-12(13)14/h5-10H,3-4H2,1-2H3,(H,17,18,19). The number of hydrogen-bond donors (Lipinski definition) is 1. The van der Waals surface area contributed by atoms with Crippen molar-refractivity contribution in [3.63, 3.8) is 0 Å². The van der Waals surface area contributed by atoms with Crippen LogP contribution < -0.4 is 5.32 Å². The predicted molar refractivity (Wildman–Crippen MR) is 86.4 cm³/mol. The number of fused-ring (bicyclic) bond motifs is 1. The predicted octanol–water partition coefficient (Wildman–Crippen LogP) is 4.35. The summed E-state index contributed by atoms with van der Waals surface area (Å²) in [4.78, 5) is 9.33. The SMILES string of the molecule is CCNc1cc(CC)nc(-c2csc3ccccc23)n1. The number of nitrogens with one attached hydrogen (secondary N) is 1. The summed E-state index contributed by atoms with van der Waals surface area (Å²) in [6, 6.07) is 10.4. The summed E-state index contributed by atoms with van der Waals surface area (Å²) in [7, 11) is 0. The molecule has 0 saturated carbocycles. The van der Waals surface area contributed by atoms with Crippen molar-refractivity contribution in [2.45, 2.75) is 20.3 Å². The highest BCUT2D eigenvalue weighted by Gasteiger charge is 2.10. The molecule has 0 aliphatic rings. The Kier molecular flexibility index (Phi) is 3.65. The van der Waals surface area contributed by atoms with Crippen molar-refractivity contribution >= 4 is 27.2 Å². The zero-order valence-corrected chi connectivity index (χ0v) is 12.5. The summed E-state index contributed by atoms with van der Waals surface area (Å²) < 4.78 is 1.28. The lowest BCUT2D eigenvalue weighted by Crippen LogP contribution is -2.03. The van der Waals surface area contributed by atoms with Gasteiger partial charge in [0.25, 0.3) is 0 Å². The quantitative estimate of drug-likeness (QED) is 0.773. The fourth-order valence-corrected chi connectivity index (χ4v) is 3.16. The molecule has 0 atom stereocenters. The second-order valence-electron chi connectivity index (χ2n) is 4.60. The van der Waals surface area contributed by atoms with Gasteiger partial charge in [0.1, 0.15) is 5.82 Å². The van der Waals surface area contributed by atoms with Crippen LogP contribution in [0.3, 0.4) is 0 Å². The Labute approximate surface area is 122 Å². The molecule has 1 N–H and O–H groups in total. The molecule has 3 rings (SSSR count). The van der Waals surface area contributed by atoms with E-state index in [9.17, 15) is 0 Å². The monoisotopic (exact) mass is 283 g/mol. The number of nitrogens with zero attached hydrogens (tertiary/aromatic N) is 2. The first-order valence-electron chi connectivity index (χ1n) is 6.90. The van der Waals surface area contributed by atoms with Crippen LogP contribution in [0.4, 0.5) is 5.82 Å². The number of benzene rings is 1. The normalized spacial score (nSPS) is 10.9. The van der Waals surface area contributed by atoms with Crippen LogP contribution in [-0.4, -0.2) is 16.5 Å². The van der Waals surface area contributed by atoms with E-state index >= 15 is 0 Å². The minimum atomic E-state index is 0.817. The van der Waals surface area contributed by atoms with Gasteiger partial charge in [-0.1, -0.05) is 25.1 Å². The van der Waals surface area contributed by atoms with Gasteiger partial charge >= 0.3 is 0 Å². The summed E-state index contributed by atoms with van der Waals surface area (Å²) in [5.41, 5.74) is 2.20. The molecule has 20 heavy (non-hydrogen) atoms. The van der Waals surface area contributed by atoms with Gasteiger partial charge in [-0.15, -0.1) is 11.3 Å². The van der Waals surface area contributed by atoms with Gasteiger partial charge in [0, 0.05) is 39.3 Å². The van der Waals surface area contributed by atoms with Crippen LogP contribution in [0.5, 0.6) is 0 Å². The fourth-order valence-electron chi connectivity index (χ4n) is 2.22. The molecule has 0 aliphatic carbocycles. The van der Waals surface area contributed by atoms with Crippen LogP contribution in [0.2, 0.25) is 0 Å². The maximum atomic E-state index is 4.68. The molecule has 1 aromatic carbocycles. The van der Waals surface area contributed by atoms with Crippen molar-refractivity contribution < 1.29 is 0 Å². The van der Waals surface area contributed by atoms with E-state index in [1.807, 2.05) is 6.07 Å². The third-order valence-electron chi connectivity index (χ3n) is 3.22. The molecule has 3 nitrogen and oxygen atoms in total. The summed E-state index contributed by atoms with van der Waals surface area (Å²) in [5.74, 6) is 1.72. The van der Waals surface area contributed by atoms with Gasteiger partial charge in [0.15, 0.2) is 5.82 Å². The third kappa shape index (κ3) is 2.39. The summed E-state index contributed by atoms with van der Waals surface area (Å²) >= 11 is 1.74. The van der Waals surface area contributed by atoms with E-state index in [-0.39, 0.29) is 0 Å². The van der Waals surface area contributed by atoms with E-state index in [4.69, 9.17) is 0 Å². The van der Waals surface area contributed by atoms with Crippen LogP contribution >= 0.6 is 11.3 Å². The Hall–Kier alpha value is -1.94. The molecule has 102 valence electrons. The molecule has 0 unspecified atom stereocenters. The number of hydrogen-bond acceptors (Lipinski definition) is 4. The average molecular weight is 283 g/mol. The van der Waals surface area contributed by atoms with Crippen LogP contribution in [0.15, 0.2) is 35.7 Å². The van der Waals surface area contributed by atoms with Crippen LogP contribution in [0, 0.1) is 0 Å². The topological polar surface area (TPSA) is 37.8 Å². The van der Waals surface area contributed by atoms with Crippen molar-refractivity contribution in [3.05, 3.63) is 41.4 Å². The minimum absolute atomic E-state index is 0.817. The van der Waals surface area contributed by atoms with E-state index in [2.05, 4.69) is 58.8 Å². The molecule has 2 heterocycles. The number of thiophene rings is 1. The van der Waals surface area contributed by atoms with Gasteiger partial charge in [0.05, 0.1) is 0 Å². The van der Waals surface area contributed by atoms with Gasteiger partial charge in [0.2, 0.25) is 0 Å². The smallest absolute Gasteiger partial charge is 0.163 e. The molecular formula is C16H17N3S. The van der Waals surface area contributed by atoms with E-state index < -0.39 is 0 Å². The lowest BCUT2D eigenvalue weighted by atomic mass is 10.1. The lowest BCUT2D eigenvalue weighted by molar-refractivity contribution is 1.000. The molecule has 0 amide bonds. The molecule has 0 bridgehead atoms. The van der Waals surface area contributed by atoms with Crippen molar-refractivity contribution in [1.82, 2.24) is 9.97 Å². The second kappa shape index (κ2) is 5.59. The molecule has 0 radical (unpaired) electrons. The number of anilines is 1. The molecule has 0 aliphatic heterocycles. The first kappa shape index (κ1) is 13.1. The van der Waals surface area contributed by atoms with Gasteiger partial charge < -0.3 is 5.32 Å². The summed E-state index contributed by atoms with van der Waals surface area (Å²) in [6.45, 7) is 5.06. The number of aromatic nitrogens is 2. The van der Waals surface area contributed by atoms with Crippen molar-refractivity contribution in [2.24, 2.45) is 0 Å². The van der Waals surface area contributed by atoms with Gasteiger partial charge in [-0.3, -0.25) is 0 Å². The van der Waals surface area contributed by atoms with Crippen LogP contribution in [0.25, 0.3) is 21.5 Å². The zero-order chi connectivity index (χ0) is 13.9. The van der Waals surface area contributed by atoms with E-state index in [1.54, 1.807) is 11.3 Å². The Balaban J connectivity index is 2.15. The molecule has 0 spiro atoms. The maximum Gasteiger partial charge on any atom is 0.163 e. The first-order valence-corrected chi connectivity index (χ1v) is 7.78. The average Bonchev–Trinajstić information content (AvgIpc) is 2.91. The Bertz CT molecular complexity index is 733. The third-order valence-corrected chi connectivity index (χ3v) is 4.18. The molecule has 4 heteroatoms. The molecule has 0 fully saturated rings. The van der Waals surface area contributed by atoms with E-state index in [0.717, 1.165) is 35.9 Å². The molecule has 3 aromatic rings. The first-order chi connectivity index (χ1) is 9.81. The summed E-state index contributed by atoms with van der Waals surface area (Å²) in [5, 5.41) is 6.66. The molecular weight excluding hydrogens is 266 g/mol. The van der Waals surface area contributed by atoms with Crippen molar-refractivity contribution in [1.29, 1.82) is 0 Å². The number of aryl methyl sites for hydroxylation is 1.